The van der Waals surface area contributed by atoms with Gasteiger partial charge in [-0.3, -0.25) is 9.69 Å². The van der Waals surface area contributed by atoms with Crippen LogP contribution >= 0.6 is 15.9 Å². The lowest BCUT2D eigenvalue weighted by Gasteiger charge is -2.29. The molecule has 31 heavy (non-hydrogen) atoms. The minimum absolute atomic E-state index is 0.0302. The van der Waals surface area contributed by atoms with Crippen LogP contribution in [0, 0.1) is 19.3 Å². The van der Waals surface area contributed by atoms with E-state index in [1.54, 1.807) is 11.2 Å². The first-order valence-electron chi connectivity index (χ1n) is 10.4. The molecular weight excluding hydrogens is 462 g/mol. The van der Waals surface area contributed by atoms with Crippen molar-refractivity contribution >= 4 is 33.7 Å². The van der Waals surface area contributed by atoms with Crippen molar-refractivity contribution in [3.8, 4) is 0 Å². The molecule has 1 aliphatic heterocycles. The highest BCUT2D eigenvalue weighted by molar-refractivity contribution is 9.10. The number of pyridine rings is 1. The molecule has 166 valence electrons. The molecule has 0 spiro atoms. The first-order chi connectivity index (χ1) is 14.5. The largest absolute Gasteiger partial charge is 0.444 e. The van der Waals surface area contributed by atoms with Crippen LogP contribution in [0.1, 0.15) is 44.9 Å². The van der Waals surface area contributed by atoms with Gasteiger partial charge in [0.05, 0.1) is 12.0 Å². The molecule has 4 rings (SSSR count). The first kappa shape index (κ1) is 21.8. The van der Waals surface area contributed by atoms with E-state index in [1.807, 2.05) is 57.5 Å². The predicted molar refractivity (Wildman–Crippen MR) is 120 cm³/mol. The summed E-state index contributed by atoms with van der Waals surface area (Å²) in [6.07, 6.45) is 4.77. The molecule has 2 aromatic heterocycles. The molecule has 0 radical (unpaired) electrons. The van der Waals surface area contributed by atoms with E-state index in [2.05, 4.69) is 31.2 Å². The number of nitrogens with zero attached hydrogens (tertiary/aromatic N) is 4. The van der Waals surface area contributed by atoms with Crippen molar-refractivity contribution in [1.29, 1.82) is 0 Å². The second kappa shape index (κ2) is 7.62. The molecular formula is C22H28BrN5O3. The van der Waals surface area contributed by atoms with Crippen LogP contribution in [0.3, 0.4) is 0 Å². The SMILES string of the molecule is Cc1cn(C[C@@]23C[C@@H](C(=O)Nc4nc(Br)ccc4C)N(C(=O)OC(C)(C)C)[C@@H]2C3)cn1. The standard InChI is InChI=1S/C22H28BrN5O3/c1-13-6-7-17(23)25-18(13)26-19(29)15-8-22(11-27-10-14(2)24-12-27)9-16(22)28(15)20(30)31-21(3,4)5/h6-7,10,12,15-16H,8-9,11H2,1-5H3,(H,25,26,29)/t15-,16+,22-/m0/s1. The van der Waals surface area contributed by atoms with Gasteiger partial charge in [0, 0.05) is 24.2 Å². The number of halogens is 1. The Morgan fingerprint density at radius 1 is 1.29 bits per heavy atom. The van der Waals surface area contributed by atoms with Crippen molar-refractivity contribution < 1.29 is 14.3 Å². The van der Waals surface area contributed by atoms with Gasteiger partial charge in [-0.1, -0.05) is 6.07 Å². The van der Waals surface area contributed by atoms with Crippen LogP contribution < -0.4 is 5.32 Å². The van der Waals surface area contributed by atoms with Gasteiger partial charge < -0.3 is 14.6 Å². The fourth-order valence-electron chi connectivity index (χ4n) is 4.42. The van der Waals surface area contributed by atoms with Crippen molar-refractivity contribution in [2.45, 2.75) is 71.7 Å². The third kappa shape index (κ3) is 4.46. The van der Waals surface area contributed by atoms with E-state index in [9.17, 15) is 9.59 Å². The zero-order valence-corrected chi connectivity index (χ0v) is 20.1. The van der Waals surface area contributed by atoms with E-state index < -0.39 is 17.7 Å². The molecule has 9 heteroatoms. The van der Waals surface area contributed by atoms with Crippen LogP contribution in [0.15, 0.2) is 29.3 Å². The molecule has 3 atom stereocenters. The van der Waals surface area contributed by atoms with Gasteiger partial charge in [0.15, 0.2) is 0 Å². The van der Waals surface area contributed by atoms with Gasteiger partial charge in [-0.25, -0.2) is 14.8 Å². The molecule has 2 amide bonds. The van der Waals surface area contributed by atoms with E-state index in [0.717, 1.165) is 24.2 Å². The molecule has 1 N–H and O–H groups in total. The molecule has 3 heterocycles. The number of hydrogen-bond acceptors (Lipinski definition) is 5. The number of aryl methyl sites for hydroxylation is 2. The van der Waals surface area contributed by atoms with Gasteiger partial charge in [-0.15, -0.1) is 0 Å². The minimum atomic E-state index is -0.637. The molecule has 2 aliphatic rings. The summed E-state index contributed by atoms with van der Waals surface area (Å²) in [6.45, 7) is 10.0. The number of aromatic nitrogens is 3. The Bertz CT molecular complexity index is 1030. The summed E-state index contributed by atoms with van der Waals surface area (Å²) in [5.41, 5.74) is 1.02. The van der Waals surface area contributed by atoms with Crippen LogP contribution in [0.5, 0.6) is 0 Å². The van der Waals surface area contributed by atoms with Gasteiger partial charge in [0.25, 0.3) is 0 Å². The highest BCUT2D eigenvalue weighted by atomic mass is 79.9. The Labute approximate surface area is 190 Å². The van der Waals surface area contributed by atoms with E-state index in [1.165, 1.54) is 0 Å². The number of carbonyl (C=O) groups excluding carboxylic acids is 2. The number of ether oxygens (including phenoxy) is 1. The first-order valence-corrected chi connectivity index (χ1v) is 11.2. The molecule has 2 aromatic rings. The zero-order chi connectivity index (χ0) is 22.6. The van der Waals surface area contributed by atoms with Crippen LogP contribution in [0.2, 0.25) is 0 Å². The Morgan fingerprint density at radius 3 is 2.68 bits per heavy atom. The summed E-state index contributed by atoms with van der Waals surface area (Å²) in [6, 6.07) is 3.06. The van der Waals surface area contributed by atoms with Crippen molar-refractivity contribution in [3.05, 3.63) is 40.5 Å². The highest BCUT2D eigenvalue weighted by Crippen LogP contribution is 2.60. The summed E-state index contributed by atoms with van der Waals surface area (Å²) in [7, 11) is 0. The molecule has 1 aliphatic carbocycles. The van der Waals surface area contributed by atoms with Crippen LogP contribution in [0.25, 0.3) is 0 Å². The van der Waals surface area contributed by atoms with Crippen LogP contribution in [0.4, 0.5) is 10.6 Å². The third-order valence-corrected chi connectivity index (χ3v) is 6.33. The number of hydrogen-bond donors (Lipinski definition) is 1. The number of anilines is 1. The maximum absolute atomic E-state index is 13.3. The normalized spacial score (nSPS) is 24.6. The molecule has 0 aromatic carbocycles. The van der Waals surface area contributed by atoms with E-state index in [4.69, 9.17) is 4.74 Å². The summed E-state index contributed by atoms with van der Waals surface area (Å²) in [5.74, 6) is 0.247. The maximum atomic E-state index is 13.3. The Balaban J connectivity index is 1.58. The second-order valence-electron chi connectivity index (χ2n) is 9.67. The summed E-state index contributed by atoms with van der Waals surface area (Å²) in [4.78, 5) is 36.7. The number of carbonyl (C=O) groups is 2. The van der Waals surface area contributed by atoms with Crippen LogP contribution in [-0.4, -0.2) is 49.1 Å². The van der Waals surface area contributed by atoms with E-state index in [-0.39, 0.29) is 17.4 Å². The smallest absolute Gasteiger partial charge is 0.411 e. The number of likely N-dealkylation sites (tertiary alicyclic amines) is 1. The molecule has 0 unspecified atom stereocenters. The lowest BCUT2D eigenvalue weighted by atomic mass is 9.99. The van der Waals surface area contributed by atoms with Crippen molar-refractivity contribution in [2.24, 2.45) is 5.41 Å². The number of amides is 2. The summed E-state index contributed by atoms with van der Waals surface area (Å²) in [5, 5.41) is 2.92. The van der Waals surface area contributed by atoms with Gasteiger partial charge in [0.2, 0.25) is 5.91 Å². The van der Waals surface area contributed by atoms with Gasteiger partial charge in [-0.05, 0) is 75.0 Å². The summed E-state index contributed by atoms with van der Waals surface area (Å²) < 4.78 is 8.34. The Hall–Kier alpha value is -2.42. The Morgan fingerprint density at radius 2 is 2.03 bits per heavy atom. The lowest BCUT2D eigenvalue weighted by molar-refractivity contribution is -0.121. The van der Waals surface area contributed by atoms with Gasteiger partial charge in [-0.2, -0.15) is 0 Å². The highest BCUT2D eigenvalue weighted by Gasteiger charge is 2.68. The van der Waals surface area contributed by atoms with E-state index >= 15 is 0 Å². The lowest BCUT2D eigenvalue weighted by Crippen LogP contribution is -2.47. The number of fused-ring (bicyclic) bond motifs is 1. The second-order valence-corrected chi connectivity index (χ2v) is 10.5. The van der Waals surface area contributed by atoms with Crippen molar-refractivity contribution in [3.63, 3.8) is 0 Å². The molecule has 1 saturated carbocycles. The fraction of sp³-hybridized carbons (Fsp3) is 0.545. The number of rotatable bonds is 4. The molecule has 2 fully saturated rings. The van der Waals surface area contributed by atoms with Crippen molar-refractivity contribution in [2.75, 3.05) is 5.32 Å². The number of piperidine rings is 1. The number of imidazole rings is 1. The predicted octanol–water partition coefficient (Wildman–Crippen LogP) is 4.06. The monoisotopic (exact) mass is 489 g/mol. The number of nitrogens with one attached hydrogen (secondary N) is 1. The van der Waals surface area contributed by atoms with Gasteiger partial charge in [0.1, 0.15) is 22.1 Å². The summed E-state index contributed by atoms with van der Waals surface area (Å²) >= 11 is 3.35. The average Bonchev–Trinajstić information content (AvgIpc) is 3.00. The quantitative estimate of drug-likeness (QED) is 0.653. The molecule has 8 nitrogen and oxygen atoms in total. The minimum Gasteiger partial charge on any atom is -0.444 e. The molecule has 1 saturated heterocycles. The topological polar surface area (TPSA) is 89.4 Å². The maximum Gasteiger partial charge on any atom is 0.411 e. The Kier molecular flexibility index (Phi) is 5.36. The van der Waals surface area contributed by atoms with Gasteiger partial charge >= 0.3 is 6.09 Å². The molecule has 0 bridgehead atoms. The third-order valence-electron chi connectivity index (χ3n) is 5.89. The zero-order valence-electron chi connectivity index (χ0n) is 18.5. The average molecular weight is 490 g/mol. The van der Waals surface area contributed by atoms with Crippen molar-refractivity contribution in [1.82, 2.24) is 19.4 Å². The van der Waals surface area contributed by atoms with E-state index in [0.29, 0.717) is 16.8 Å². The van der Waals surface area contributed by atoms with Crippen LogP contribution in [-0.2, 0) is 16.1 Å². The fourth-order valence-corrected chi connectivity index (χ4v) is 4.73.